The Morgan fingerprint density at radius 3 is 2.68 bits per heavy atom. The first kappa shape index (κ1) is 17.7. The number of rotatable bonds is 5. The second-order valence-electron chi connectivity index (χ2n) is 6.32. The number of aryl methyl sites for hydroxylation is 1. The third-order valence-electron chi connectivity index (χ3n) is 4.63. The fraction of sp³-hybridized carbons (Fsp3) is 0.200. The van der Waals surface area contributed by atoms with Gasteiger partial charge < -0.3 is 19.0 Å². The van der Waals surface area contributed by atoms with Crippen LogP contribution < -0.4 is 15.0 Å². The molecule has 8 heteroatoms. The van der Waals surface area contributed by atoms with Gasteiger partial charge in [0.25, 0.3) is 0 Å². The molecule has 0 amide bonds. The van der Waals surface area contributed by atoms with E-state index in [1.54, 1.807) is 32.8 Å². The number of H-pyrrole nitrogens is 1. The first-order valence-electron chi connectivity index (χ1n) is 8.74. The SMILES string of the molecule is COc1ccnc(OC)c1Cn1cnc(=N)c2[nH]c(-c3ccccc3C)nc21. The van der Waals surface area contributed by atoms with Gasteiger partial charge in [-0.1, -0.05) is 24.3 Å². The molecule has 3 heterocycles. The van der Waals surface area contributed by atoms with Crippen LogP contribution in [0.25, 0.3) is 22.6 Å². The third-order valence-corrected chi connectivity index (χ3v) is 4.63. The lowest BCUT2D eigenvalue weighted by Gasteiger charge is -2.13. The second kappa shape index (κ2) is 7.15. The minimum atomic E-state index is 0.142. The van der Waals surface area contributed by atoms with Gasteiger partial charge >= 0.3 is 0 Å². The molecule has 0 unspecified atom stereocenters. The highest BCUT2D eigenvalue weighted by Crippen LogP contribution is 2.28. The molecular weight excluding hydrogens is 356 g/mol. The van der Waals surface area contributed by atoms with Crippen LogP contribution in [0.3, 0.4) is 0 Å². The highest BCUT2D eigenvalue weighted by molar-refractivity contribution is 5.76. The van der Waals surface area contributed by atoms with Crippen molar-refractivity contribution in [1.82, 2.24) is 24.5 Å². The molecular formula is C20H20N6O2. The maximum Gasteiger partial charge on any atom is 0.221 e. The lowest BCUT2D eigenvalue weighted by Crippen LogP contribution is -2.14. The minimum Gasteiger partial charge on any atom is -0.496 e. The predicted octanol–water partition coefficient (Wildman–Crippen LogP) is 2.67. The largest absolute Gasteiger partial charge is 0.496 e. The molecule has 4 aromatic rings. The van der Waals surface area contributed by atoms with E-state index in [0.717, 1.165) is 16.7 Å². The summed E-state index contributed by atoms with van der Waals surface area (Å²) in [6.07, 6.45) is 3.23. The topological polar surface area (TPSA) is 102 Å². The fourth-order valence-corrected chi connectivity index (χ4v) is 3.21. The van der Waals surface area contributed by atoms with Crippen molar-refractivity contribution < 1.29 is 9.47 Å². The van der Waals surface area contributed by atoms with Gasteiger partial charge in [0.1, 0.15) is 17.1 Å². The van der Waals surface area contributed by atoms with Crippen molar-refractivity contribution in [3.8, 4) is 23.0 Å². The van der Waals surface area contributed by atoms with Gasteiger partial charge in [-0.15, -0.1) is 0 Å². The van der Waals surface area contributed by atoms with Crippen molar-refractivity contribution in [3.63, 3.8) is 0 Å². The lowest BCUT2D eigenvalue weighted by atomic mass is 10.1. The molecule has 0 aliphatic carbocycles. The van der Waals surface area contributed by atoms with Gasteiger partial charge in [-0.25, -0.2) is 15.0 Å². The quantitative estimate of drug-likeness (QED) is 0.558. The summed E-state index contributed by atoms with van der Waals surface area (Å²) in [7, 11) is 3.18. The van der Waals surface area contributed by atoms with E-state index >= 15 is 0 Å². The summed E-state index contributed by atoms with van der Waals surface area (Å²) in [6, 6.07) is 9.77. The van der Waals surface area contributed by atoms with E-state index in [9.17, 15) is 0 Å². The van der Waals surface area contributed by atoms with Crippen molar-refractivity contribution in [2.24, 2.45) is 0 Å². The second-order valence-corrected chi connectivity index (χ2v) is 6.32. The molecule has 1 aromatic carbocycles. The van der Waals surface area contributed by atoms with E-state index < -0.39 is 0 Å². The molecule has 0 spiro atoms. The van der Waals surface area contributed by atoms with E-state index in [1.165, 1.54) is 0 Å². The molecule has 0 fully saturated rings. The van der Waals surface area contributed by atoms with Gasteiger partial charge in [0, 0.05) is 11.8 Å². The molecule has 0 atom stereocenters. The van der Waals surface area contributed by atoms with Crippen LogP contribution in [-0.4, -0.2) is 38.7 Å². The monoisotopic (exact) mass is 376 g/mol. The molecule has 3 aromatic heterocycles. The number of fused-ring (bicyclic) bond motifs is 1. The summed E-state index contributed by atoms with van der Waals surface area (Å²) in [5.74, 6) is 1.84. The Morgan fingerprint density at radius 2 is 1.93 bits per heavy atom. The minimum absolute atomic E-state index is 0.142. The predicted molar refractivity (Wildman–Crippen MR) is 104 cm³/mol. The summed E-state index contributed by atoms with van der Waals surface area (Å²) < 4.78 is 12.7. The molecule has 142 valence electrons. The highest BCUT2D eigenvalue weighted by atomic mass is 16.5. The van der Waals surface area contributed by atoms with Crippen LogP contribution in [0.2, 0.25) is 0 Å². The van der Waals surface area contributed by atoms with Crippen molar-refractivity contribution in [1.29, 1.82) is 5.41 Å². The average Bonchev–Trinajstić information content (AvgIpc) is 3.16. The summed E-state index contributed by atoms with van der Waals surface area (Å²) in [5.41, 5.74) is 4.21. The van der Waals surface area contributed by atoms with Gasteiger partial charge in [0.05, 0.1) is 32.7 Å². The number of aromatic nitrogens is 5. The van der Waals surface area contributed by atoms with Crippen LogP contribution in [0.1, 0.15) is 11.1 Å². The summed E-state index contributed by atoms with van der Waals surface area (Å²) in [6.45, 7) is 2.42. The van der Waals surface area contributed by atoms with Crippen molar-refractivity contribution >= 4 is 11.2 Å². The molecule has 0 bridgehead atoms. The molecule has 8 nitrogen and oxygen atoms in total. The molecule has 0 saturated carbocycles. The maximum absolute atomic E-state index is 8.17. The smallest absolute Gasteiger partial charge is 0.221 e. The number of hydrogen-bond donors (Lipinski definition) is 2. The Hall–Kier alpha value is -3.68. The number of nitrogens with one attached hydrogen (secondary N) is 2. The number of hydrogen-bond acceptors (Lipinski definition) is 6. The number of pyridine rings is 1. The van der Waals surface area contributed by atoms with Crippen molar-refractivity contribution in [2.45, 2.75) is 13.5 Å². The lowest BCUT2D eigenvalue weighted by molar-refractivity contribution is 0.371. The van der Waals surface area contributed by atoms with Crippen LogP contribution >= 0.6 is 0 Å². The van der Waals surface area contributed by atoms with Gasteiger partial charge in [0.15, 0.2) is 11.1 Å². The van der Waals surface area contributed by atoms with Gasteiger partial charge in [-0.05, 0) is 18.6 Å². The van der Waals surface area contributed by atoms with Crippen LogP contribution in [0.5, 0.6) is 11.6 Å². The summed E-state index contributed by atoms with van der Waals surface area (Å²) >= 11 is 0. The van der Waals surface area contributed by atoms with Gasteiger partial charge in [0.2, 0.25) is 5.88 Å². The average molecular weight is 376 g/mol. The zero-order chi connectivity index (χ0) is 19.7. The van der Waals surface area contributed by atoms with E-state index in [0.29, 0.717) is 35.2 Å². The Labute approximate surface area is 161 Å². The number of aromatic amines is 1. The number of methoxy groups -OCH3 is 2. The number of ether oxygens (including phenoxy) is 2. The van der Waals surface area contributed by atoms with E-state index in [1.807, 2.05) is 35.8 Å². The maximum atomic E-state index is 8.17. The molecule has 0 saturated heterocycles. The first-order chi connectivity index (χ1) is 13.6. The zero-order valence-corrected chi connectivity index (χ0v) is 15.9. The van der Waals surface area contributed by atoms with Crippen LogP contribution in [0.15, 0.2) is 42.9 Å². The van der Waals surface area contributed by atoms with Crippen molar-refractivity contribution in [2.75, 3.05) is 14.2 Å². The highest BCUT2D eigenvalue weighted by Gasteiger charge is 2.16. The summed E-state index contributed by atoms with van der Waals surface area (Å²) in [4.78, 5) is 16.5. The molecule has 0 aliphatic heterocycles. The molecule has 2 N–H and O–H groups in total. The normalized spacial score (nSPS) is 11.0. The Morgan fingerprint density at radius 1 is 1.11 bits per heavy atom. The van der Waals surface area contributed by atoms with Gasteiger partial charge in [-0.2, -0.15) is 0 Å². The third kappa shape index (κ3) is 2.98. The zero-order valence-electron chi connectivity index (χ0n) is 15.9. The van der Waals surface area contributed by atoms with Crippen molar-refractivity contribution in [3.05, 3.63) is 59.5 Å². The fourth-order valence-electron chi connectivity index (χ4n) is 3.21. The Balaban J connectivity index is 1.87. The molecule has 28 heavy (non-hydrogen) atoms. The van der Waals surface area contributed by atoms with E-state index in [-0.39, 0.29) is 5.49 Å². The molecule has 0 aliphatic rings. The molecule has 0 radical (unpaired) electrons. The first-order valence-corrected chi connectivity index (χ1v) is 8.74. The van der Waals surface area contributed by atoms with E-state index in [2.05, 4.69) is 15.0 Å². The summed E-state index contributed by atoms with van der Waals surface area (Å²) in [5, 5.41) is 8.17. The van der Waals surface area contributed by atoms with Gasteiger partial charge in [-0.3, -0.25) is 5.41 Å². The number of imidazole rings is 1. The number of nitrogens with zero attached hydrogens (tertiary/aromatic N) is 4. The Bertz CT molecular complexity index is 1190. The van der Waals surface area contributed by atoms with Crippen LogP contribution in [0.4, 0.5) is 0 Å². The number of benzene rings is 1. The van der Waals surface area contributed by atoms with E-state index in [4.69, 9.17) is 19.9 Å². The standard InChI is InChI=1S/C20H20N6O2/c1-12-6-4-5-7-13(12)18-24-16-17(21)23-11-26(19(16)25-18)10-14-15(27-2)8-9-22-20(14)28-3/h4-9,11,21H,10H2,1-3H3,(H,24,25). The Kier molecular flexibility index (Phi) is 4.52. The van der Waals surface area contributed by atoms with Crippen LogP contribution in [0, 0.1) is 12.3 Å². The van der Waals surface area contributed by atoms with Crippen LogP contribution in [-0.2, 0) is 6.54 Å². The molecule has 4 rings (SSSR count).